The van der Waals surface area contributed by atoms with Crippen molar-refractivity contribution < 1.29 is 4.79 Å². The summed E-state index contributed by atoms with van der Waals surface area (Å²) in [6.45, 7) is 8.36. The van der Waals surface area contributed by atoms with Gasteiger partial charge in [-0.25, -0.2) is 0 Å². The van der Waals surface area contributed by atoms with Gasteiger partial charge in [0.1, 0.15) is 0 Å². The summed E-state index contributed by atoms with van der Waals surface area (Å²) in [5.41, 5.74) is 0.947. The summed E-state index contributed by atoms with van der Waals surface area (Å²) >= 11 is 1.20. The number of amides is 1. The van der Waals surface area contributed by atoms with Crippen LogP contribution < -0.4 is 10.2 Å². The molecule has 0 saturated carbocycles. The Kier molecular flexibility index (Phi) is 6.64. The van der Waals surface area contributed by atoms with Crippen LogP contribution in [0.5, 0.6) is 0 Å². The van der Waals surface area contributed by atoms with Crippen LogP contribution in [0.4, 0.5) is 0 Å². The summed E-state index contributed by atoms with van der Waals surface area (Å²) in [4.78, 5) is 28.6. The lowest BCUT2D eigenvalue weighted by Gasteiger charge is -2.32. The monoisotopic (exact) mass is 360 g/mol. The Hall–Kier alpha value is -0.890. The van der Waals surface area contributed by atoms with Gasteiger partial charge >= 0.3 is 4.87 Å². The Morgan fingerprint density at radius 3 is 2.74 bits per heavy atom. The van der Waals surface area contributed by atoms with Crippen molar-refractivity contribution >= 4 is 29.7 Å². The molecule has 1 atom stereocenters. The highest BCUT2D eigenvalue weighted by atomic mass is 35.5. The van der Waals surface area contributed by atoms with E-state index in [1.807, 2.05) is 17.2 Å². The third kappa shape index (κ3) is 4.35. The Labute approximate surface area is 146 Å². The van der Waals surface area contributed by atoms with Gasteiger partial charge in [-0.3, -0.25) is 14.5 Å². The zero-order chi connectivity index (χ0) is 15.5. The molecule has 1 N–H and O–H groups in total. The Balaban J connectivity index is 0.00000192. The van der Waals surface area contributed by atoms with Gasteiger partial charge in [0.05, 0.1) is 0 Å². The number of piperazine rings is 1. The smallest absolute Gasteiger partial charge is 0.307 e. The van der Waals surface area contributed by atoms with Gasteiger partial charge in [-0.05, 0) is 13.3 Å². The molecule has 1 amide bonds. The number of carbonyl (C=O) groups excluding carboxylic acids is 1. The van der Waals surface area contributed by atoms with Crippen molar-refractivity contribution in [1.82, 2.24) is 19.7 Å². The number of aromatic nitrogens is 1. The maximum Gasteiger partial charge on any atom is 0.307 e. The number of halogens is 1. The molecule has 2 aliphatic rings. The van der Waals surface area contributed by atoms with Crippen molar-refractivity contribution in [2.75, 3.05) is 39.3 Å². The minimum Gasteiger partial charge on any atom is -0.341 e. The molecule has 1 unspecified atom stereocenters. The number of hydrogen-bond donors (Lipinski definition) is 1. The molecule has 1 aromatic rings. The van der Waals surface area contributed by atoms with E-state index in [-0.39, 0.29) is 23.2 Å². The molecular weight excluding hydrogens is 336 g/mol. The summed E-state index contributed by atoms with van der Waals surface area (Å²) in [5.74, 6) is 0.176. The lowest BCUT2D eigenvalue weighted by molar-refractivity contribution is -0.130. The van der Waals surface area contributed by atoms with Crippen LogP contribution in [0.25, 0.3) is 0 Å². The zero-order valence-electron chi connectivity index (χ0n) is 13.5. The van der Waals surface area contributed by atoms with E-state index < -0.39 is 0 Å². The van der Waals surface area contributed by atoms with E-state index in [2.05, 4.69) is 10.2 Å². The second-order valence-corrected chi connectivity index (χ2v) is 6.93. The van der Waals surface area contributed by atoms with Crippen molar-refractivity contribution in [1.29, 1.82) is 0 Å². The zero-order valence-corrected chi connectivity index (χ0v) is 15.1. The Bertz CT molecular complexity index is 582. The number of rotatable bonds is 4. The normalized spacial score (nSPS) is 22.1. The molecule has 2 fully saturated rings. The van der Waals surface area contributed by atoms with Crippen molar-refractivity contribution in [3.63, 3.8) is 0 Å². The number of likely N-dealkylation sites (tertiary alicyclic amines) is 1. The molecule has 0 aliphatic carbocycles. The summed E-state index contributed by atoms with van der Waals surface area (Å²) in [7, 11) is 0. The molecule has 2 saturated heterocycles. The molecule has 3 heterocycles. The standard InChI is InChI=1S/C15H24N4O2S.ClH/c1-12-11-22-15(21)19(12)7-3-14(20)18-6-2-13(10-18)17-8-4-16-5-9-17;/h11,13,16H,2-10H2,1H3;1H. The molecule has 0 bridgehead atoms. The molecule has 23 heavy (non-hydrogen) atoms. The first kappa shape index (κ1) is 18.4. The van der Waals surface area contributed by atoms with Crippen LogP contribution in [-0.2, 0) is 11.3 Å². The van der Waals surface area contributed by atoms with Crippen molar-refractivity contribution in [3.8, 4) is 0 Å². The minimum absolute atomic E-state index is 0. The summed E-state index contributed by atoms with van der Waals surface area (Å²) < 4.78 is 1.70. The average molecular weight is 361 g/mol. The highest BCUT2D eigenvalue weighted by Gasteiger charge is 2.30. The molecule has 3 rings (SSSR count). The third-order valence-electron chi connectivity index (χ3n) is 4.71. The van der Waals surface area contributed by atoms with Crippen LogP contribution >= 0.6 is 23.7 Å². The first-order valence-electron chi connectivity index (χ1n) is 8.02. The summed E-state index contributed by atoms with van der Waals surface area (Å²) in [6.07, 6.45) is 1.49. The van der Waals surface area contributed by atoms with Crippen molar-refractivity contribution in [3.05, 3.63) is 20.7 Å². The topological polar surface area (TPSA) is 57.6 Å². The van der Waals surface area contributed by atoms with Crippen LogP contribution in [0.2, 0.25) is 0 Å². The van der Waals surface area contributed by atoms with E-state index in [0.717, 1.165) is 51.4 Å². The van der Waals surface area contributed by atoms with Crippen LogP contribution in [-0.4, -0.2) is 65.6 Å². The molecule has 1 aromatic heterocycles. The van der Waals surface area contributed by atoms with E-state index >= 15 is 0 Å². The second-order valence-electron chi connectivity index (χ2n) is 6.11. The van der Waals surface area contributed by atoms with E-state index in [1.54, 1.807) is 4.57 Å². The third-order valence-corrected chi connectivity index (χ3v) is 5.59. The van der Waals surface area contributed by atoms with Crippen LogP contribution in [0.3, 0.4) is 0 Å². The van der Waals surface area contributed by atoms with E-state index in [9.17, 15) is 9.59 Å². The predicted molar refractivity (Wildman–Crippen MR) is 94.6 cm³/mol. The van der Waals surface area contributed by atoms with E-state index in [4.69, 9.17) is 0 Å². The Morgan fingerprint density at radius 1 is 1.35 bits per heavy atom. The first-order valence-corrected chi connectivity index (χ1v) is 8.90. The van der Waals surface area contributed by atoms with Gasteiger partial charge in [0, 0.05) is 69.3 Å². The highest BCUT2D eigenvalue weighted by molar-refractivity contribution is 7.07. The molecule has 6 nitrogen and oxygen atoms in total. The van der Waals surface area contributed by atoms with Gasteiger partial charge in [-0.1, -0.05) is 11.3 Å². The molecular formula is C15H25ClN4O2S. The minimum atomic E-state index is 0. The number of carbonyl (C=O) groups is 1. The average Bonchev–Trinajstić information content (AvgIpc) is 3.14. The largest absolute Gasteiger partial charge is 0.341 e. The fourth-order valence-corrected chi connectivity index (χ4v) is 4.11. The summed E-state index contributed by atoms with van der Waals surface area (Å²) in [6, 6.07) is 0.511. The van der Waals surface area contributed by atoms with Gasteiger partial charge in [0.15, 0.2) is 0 Å². The predicted octanol–water partition coefficient (Wildman–Crippen LogP) is 0.536. The van der Waals surface area contributed by atoms with Crippen LogP contribution in [0.1, 0.15) is 18.5 Å². The highest BCUT2D eigenvalue weighted by Crippen LogP contribution is 2.17. The molecule has 2 aliphatic heterocycles. The lowest BCUT2D eigenvalue weighted by Crippen LogP contribution is -2.49. The number of thiazole rings is 1. The number of nitrogens with zero attached hydrogens (tertiary/aromatic N) is 3. The molecule has 130 valence electrons. The Morgan fingerprint density at radius 2 is 2.09 bits per heavy atom. The number of aryl methyl sites for hydroxylation is 1. The number of hydrogen-bond acceptors (Lipinski definition) is 5. The maximum absolute atomic E-state index is 12.4. The van der Waals surface area contributed by atoms with Crippen molar-refractivity contribution in [2.45, 2.75) is 32.4 Å². The van der Waals surface area contributed by atoms with E-state index in [0.29, 0.717) is 19.0 Å². The van der Waals surface area contributed by atoms with Crippen molar-refractivity contribution in [2.24, 2.45) is 0 Å². The van der Waals surface area contributed by atoms with Gasteiger partial charge in [0.2, 0.25) is 5.91 Å². The lowest BCUT2D eigenvalue weighted by atomic mass is 10.2. The number of nitrogens with one attached hydrogen (secondary N) is 1. The molecule has 0 aromatic carbocycles. The second kappa shape index (κ2) is 8.28. The maximum atomic E-state index is 12.4. The fourth-order valence-electron chi connectivity index (χ4n) is 3.35. The van der Waals surface area contributed by atoms with Gasteiger partial charge in [-0.15, -0.1) is 12.4 Å². The molecule has 0 radical (unpaired) electrons. The molecule has 8 heteroatoms. The van der Waals surface area contributed by atoms with Gasteiger partial charge < -0.3 is 14.8 Å². The van der Waals surface area contributed by atoms with E-state index in [1.165, 1.54) is 11.3 Å². The van der Waals surface area contributed by atoms with Crippen LogP contribution in [0.15, 0.2) is 10.2 Å². The molecule has 0 spiro atoms. The first-order chi connectivity index (χ1) is 10.6. The van der Waals surface area contributed by atoms with Crippen LogP contribution in [0, 0.1) is 6.92 Å². The fraction of sp³-hybridized carbons (Fsp3) is 0.733. The summed E-state index contributed by atoms with van der Waals surface area (Å²) in [5, 5.41) is 5.22. The van der Waals surface area contributed by atoms with Gasteiger partial charge in [0.25, 0.3) is 0 Å². The van der Waals surface area contributed by atoms with Gasteiger partial charge in [-0.2, -0.15) is 0 Å². The SMILES string of the molecule is Cc1csc(=O)n1CCC(=O)N1CCC(N2CCNCC2)C1.Cl. The quantitative estimate of drug-likeness (QED) is 0.851.